The summed E-state index contributed by atoms with van der Waals surface area (Å²) in [6.07, 6.45) is 1.13. The first-order chi connectivity index (χ1) is 9.87. The van der Waals surface area contributed by atoms with E-state index in [1.165, 1.54) is 14.2 Å². The van der Waals surface area contributed by atoms with E-state index in [2.05, 4.69) is 14.9 Å². The molecule has 2 aromatic rings. The third kappa shape index (κ3) is 2.75. The molecule has 8 heteroatoms. The van der Waals surface area contributed by atoms with Gasteiger partial charge in [0.25, 0.3) is 10.0 Å². The number of anilines is 1. The Kier molecular flexibility index (Phi) is 3.99. The van der Waals surface area contributed by atoms with Crippen LogP contribution in [-0.2, 0) is 14.8 Å². The number of benzene rings is 1. The molecule has 0 saturated carbocycles. The fourth-order valence-corrected chi connectivity index (χ4v) is 3.01. The highest BCUT2D eigenvalue weighted by atomic mass is 32.2. The molecule has 0 aliphatic carbocycles. The smallest absolute Gasteiger partial charge is 0.342 e. The molecule has 0 aliphatic rings. The van der Waals surface area contributed by atoms with Crippen molar-refractivity contribution in [3.05, 3.63) is 41.6 Å². The van der Waals surface area contributed by atoms with Gasteiger partial charge in [-0.25, -0.2) is 4.79 Å². The molecule has 0 aliphatic heterocycles. The molecule has 2 rings (SSSR count). The number of H-pyrrole nitrogens is 1. The van der Waals surface area contributed by atoms with Gasteiger partial charge in [0.05, 0.1) is 19.0 Å². The summed E-state index contributed by atoms with van der Waals surface area (Å²) in [6, 6.07) is 6.97. The third-order valence-electron chi connectivity index (χ3n) is 3.03. The van der Waals surface area contributed by atoms with Crippen molar-refractivity contribution in [1.29, 1.82) is 0 Å². The fourth-order valence-electron chi connectivity index (χ4n) is 1.76. The van der Waals surface area contributed by atoms with Gasteiger partial charge in [0.2, 0.25) is 0 Å². The van der Waals surface area contributed by atoms with E-state index in [4.69, 9.17) is 0 Å². The van der Waals surface area contributed by atoms with Crippen LogP contribution in [0.5, 0.6) is 0 Å². The Bertz CT molecular complexity index is 750. The highest BCUT2D eigenvalue weighted by Crippen LogP contribution is 2.23. The number of carbonyl (C=O) groups is 1. The van der Waals surface area contributed by atoms with Crippen LogP contribution in [0.1, 0.15) is 15.9 Å². The second kappa shape index (κ2) is 5.57. The Morgan fingerprint density at radius 2 is 1.90 bits per heavy atom. The first-order valence-corrected chi connectivity index (χ1v) is 7.49. The van der Waals surface area contributed by atoms with E-state index in [9.17, 15) is 13.2 Å². The molecule has 1 heterocycles. The largest absolute Gasteiger partial charge is 0.465 e. The molecule has 0 fully saturated rings. The summed E-state index contributed by atoms with van der Waals surface area (Å²) in [5.74, 6) is -0.764. The third-order valence-corrected chi connectivity index (χ3v) is 4.78. The van der Waals surface area contributed by atoms with E-state index in [-0.39, 0.29) is 10.6 Å². The number of carbonyl (C=O) groups excluding carboxylic acids is 1. The van der Waals surface area contributed by atoms with E-state index in [0.717, 1.165) is 16.1 Å². The molecule has 1 N–H and O–H groups in total. The predicted molar refractivity (Wildman–Crippen MR) is 76.7 cm³/mol. The minimum absolute atomic E-state index is 0.128. The lowest BCUT2D eigenvalue weighted by atomic mass is 10.2. The molecule has 21 heavy (non-hydrogen) atoms. The van der Waals surface area contributed by atoms with Gasteiger partial charge >= 0.3 is 5.97 Å². The van der Waals surface area contributed by atoms with Crippen molar-refractivity contribution in [3.63, 3.8) is 0 Å². The number of aromatic nitrogens is 2. The number of aryl methyl sites for hydroxylation is 1. The van der Waals surface area contributed by atoms with Crippen molar-refractivity contribution in [2.45, 2.75) is 11.9 Å². The van der Waals surface area contributed by atoms with E-state index >= 15 is 0 Å². The summed E-state index contributed by atoms with van der Waals surface area (Å²) >= 11 is 0. The first-order valence-electron chi connectivity index (χ1n) is 6.05. The van der Waals surface area contributed by atoms with Crippen molar-refractivity contribution < 1.29 is 17.9 Å². The Labute approximate surface area is 122 Å². The maximum absolute atomic E-state index is 12.6. The lowest BCUT2D eigenvalue weighted by Gasteiger charge is -2.19. The quantitative estimate of drug-likeness (QED) is 0.860. The number of nitrogens with one attached hydrogen (secondary N) is 1. The average molecular weight is 309 g/mol. The minimum atomic E-state index is -3.93. The monoisotopic (exact) mass is 309 g/mol. The summed E-state index contributed by atoms with van der Waals surface area (Å²) in [7, 11) is -1.35. The molecule has 7 nitrogen and oxygen atoms in total. The second-order valence-electron chi connectivity index (χ2n) is 4.41. The number of esters is 1. The summed E-state index contributed by atoms with van der Waals surface area (Å²) in [5, 5.41) is 5.66. The van der Waals surface area contributed by atoms with E-state index in [0.29, 0.717) is 5.69 Å². The van der Waals surface area contributed by atoms with Crippen molar-refractivity contribution in [1.82, 2.24) is 10.2 Å². The molecule has 112 valence electrons. The lowest BCUT2D eigenvalue weighted by molar-refractivity contribution is 0.0596. The number of aromatic amines is 1. The minimum Gasteiger partial charge on any atom is -0.465 e. The van der Waals surface area contributed by atoms with Gasteiger partial charge in [-0.1, -0.05) is 17.7 Å². The molecular formula is C13H15N3O4S. The van der Waals surface area contributed by atoms with Gasteiger partial charge in [-0.3, -0.25) is 9.40 Å². The normalized spacial score (nSPS) is 11.2. The van der Waals surface area contributed by atoms with Gasteiger partial charge in [-0.05, 0) is 19.1 Å². The van der Waals surface area contributed by atoms with Gasteiger partial charge in [0, 0.05) is 7.05 Å². The molecule has 1 aromatic heterocycles. The standard InChI is InChI=1S/C13H15N3O4S/c1-9-4-6-10(7-5-9)16(2)21(18,19)12-11(8-14-15-12)13(17)20-3/h4-8H,1-3H3,(H,14,15). The Morgan fingerprint density at radius 1 is 1.29 bits per heavy atom. The summed E-state index contributed by atoms with van der Waals surface area (Å²) in [5.41, 5.74) is 1.36. The Morgan fingerprint density at radius 3 is 2.48 bits per heavy atom. The lowest BCUT2D eigenvalue weighted by Crippen LogP contribution is -2.28. The zero-order valence-corrected chi connectivity index (χ0v) is 12.6. The van der Waals surface area contributed by atoms with E-state index in [1.807, 2.05) is 6.92 Å². The van der Waals surface area contributed by atoms with E-state index in [1.54, 1.807) is 24.3 Å². The Balaban J connectivity index is 2.45. The van der Waals surface area contributed by atoms with Crippen LogP contribution in [0.3, 0.4) is 0 Å². The van der Waals surface area contributed by atoms with Crippen molar-refractivity contribution >= 4 is 21.7 Å². The van der Waals surface area contributed by atoms with Crippen LogP contribution in [-0.4, -0.2) is 38.7 Å². The molecule has 1 aromatic carbocycles. The molecule has 0 radical (unpaired) electrons. The second-order valence-corrected chi connectivity index (χ2v) is 6.32. The van der Waals surface area contributed by atoms with Gasteiger partial charge in [-0.15, -0.1) is 0 Å². The van der Waals surface area contributed by atoms with Crippen molar-refractivity contribution in [2.24, 2.45) is 0 Å². The van der Waals surface area contributed by atoms with Crippen LogP contribution in [0.4, 0.5) is 5.69 Å². The zero-order chi connectivity index (χ0) is 15.6. The van der Waals surface area contributed by atoms with Crippen molar-refractivity contribution in [3.8, 4) is 0 Å². The number of hydrogen-bond acceptors (Lipinski definition) is 5. The van der Waals surface area contributed by atoms with Crippen LogP contribution in [0.25, 0.3) is 0 Å². The maximum atomic E-state index is 12.6. The van der Waals surface area contributed by atoms with Crippen LogP contribution in [0, 0.1) is 6.92 Å². The maximum Gasteiger partial charge on any atom is 0.342 e. The van der Waals surface area contributed by atoms with Gasteiger partial charge < -0.3 is 4.74 Å². The summed E-state index contributed by atoms with van der Waals surface area (Å²) < 4.78 is 30.8. The van der Waals surface area contributed by atoms with Gasteiger partial charge in [0.1, 0.15) is 5.56 Å². The Hall–Kier alpha value is -2.35. The number of ether oxygens (including phenoxy) is 1. The van der Waals surface area contributed by atoms with Crippen LogP contribution in [0.15, 0.2) is 35.5 Å². The number of sulfonamides is 1. The summed E-state index contributed by atoms with van der Waals surface area (Å²) in [6.45, 7) is 1.91. The number of hydrogen-bond donors (Lipinski definition) is 1. The van der Waals surface area contributed by atoms with E-state index < -0.39 is 16.0 Å². The number of methoxy groups -OCH3 is 1. The van der Waals surface area contributed by atoms with Gasteiger partial charge in [-0.2, -0.15) is 13.5 Å². The number of nitrogens with zero attached hydrogens (tertiary/aromatic N) is 2. The van der Waals surface area contributed by atoms with Gasteiger partial charge in [0.15, 0.2) is 5.03 Å². The predicted octanol–water partition coefficient (Wildman–Crippen LogP) is 1.33. The van der Waals surface area contributed by atoms with Crippen LogP contribution in [0.2, 0.25) is 0 Å². The zero-order valence-electron chi connectivity index (χ0n) is 11.8. The molecular weight excluding hydrogens is 294 g/mol. The molecule has 0 amide bonds. The van der Waals surface area contributed by atoms with Crippen molar-refractivity contribution in [2.75, 3.05) is 18.5 Å². The SMILES string of the molecule is COC(=O)c1cn[nH]c1S(=O)(=O)N(C)c1ccc(C)cc1. The molecule has 0 unspecified atom stereocenters. The van der Waals surface area contributed by atoms with Crippen LogP contribution >= 0.6 is 0 Å². The highest BCUT2D eigenvalue weighted by molar-refractivity contribution is 7.92. The number of rotatable bonds is 4. The summed E-state index contributed by atoms with van der Waals surface area (Å²) in [4.78, 5) is 11.6. The highest BCUT2D eigenvalue weighted by Gasteiger charge is 2.29. The molecule has 0 saturated heterocycles. The van der Waals surface area contributed by atoms with Crippen LogP contribution < -0.4 is 4.31 Å². The molecule has 0 atom stereocenters. The fraction of sp³-hybridized carbons (Fsp3) is 0.231. The average Bonchev–Trinajstić information content (AvgIpc) is 2.96. The molecule has 0 spiro atoms. The topological polar surface area (TPSA) is 92.4 Å². The first kappa shape index (κ1) is 15.0. The molecule has 0 bridgehead atoms.